The van der Waals surface area contributed by atoms with Crippen LogP contribution < -0.4 is 14.7 Å². The summed E-state index contributed by atoms with van der Waals surface area (Å²) < 4.78 is 0. The Morgan fingerprint density at radius 2 is 1.45 bits per heavy atom. The highest BCUT2D eigenvalue weighted by Gasteiger charge is 2.31. The number of hydrogen-bond acceptors (Lipinski definition) is 1. The minimum absolute atomic E-state index is 0.306. The first-order chi connectivity index (χ1) is 15.3. The Hall–Kier alpha value is -2.43. The van der Waals surface area contributed by atoms with Crippen LogP contribution >= 0.6 is 0 Å². The van der Waals surface area contributed by atoms with Crippen LogP contribution in [0.2, 0.25) is 0 Å². The highest BCUT2D eigenvalue weighted by atomic mass is 16.2. The molecule has 4 rings (SSSR count). The molecule has 0 spiro atoms. The van der Waals surface area contributed by atoms with E-state index in [1.807, 2.05) is 6.07 Å². The Morgan fingerprint density at radius 1 is 0.839 bits per heavy atom. The number of quaternary nitrogens is 2. The molecule has 0 bridgehead atoms. The molecular formula is C27H37N3O+2. The number of amides is 1. The molecule has 1 saturated heterocycles. The van der Waals surface area contributed by atoms with Crippen LogP contribution in [-0.2, 0) is 4.79 Å². The Bertz CT molecular complexity index is 822. The van der Waals surface area contributed by atoms with Crippen LogP contribution in [0.15, 0.2) is 66.7 Å². The number of nitrogens with one attached hydrogen (secondary N) is 2. The average Bonchev–Trinajstić information content (AvgIpc) is 2.82. The Kier molecular flexibility index (Phi) is 7.92. The van der Waals surface area contributed by atoms with Crippen molar-refractivity contribution in [3.63, 3.8) is 0 Å². The summed E-state index contributed by atoms with van der Waals surface area (Å²) in [5, 5.41) is 0. The number of anilines is 1. The first-order valence-electron chi connectivity index (χ1n) is 12.1. The maximum Gasteiger partial charge on any atom is 0.282 e. The SMILES string of the molecule is O=C(C[NH+]1CC[NH+](C/C=C/c2ccccc2)CC1)N(c1ccccc1)C1CCCCC1. The van der Waals surface area contributed by atoms with Gasteiger partial charge in [0.25, 0.3) is 5.91 Å². The van der Waals surface area contributed by atoms with Gasteiger partial charge in [0.05, 0.1) is 6.54 Å². The van der Waals surface area contributed by atoms with Gasteiger partial charge in [0.15, 0.2) is 6.54 Å². The van der Waals surface area contributed by atoms with Crippen LogP contribution in [-0.4, -0.2) is 51.2 Å². The van der Waals surface area contributed by atoms with Crippen LogP contribution in [0.3, 0.4) is 0 Å². The minimum atomic E-state index is 0.306. The molecule has 4 nitrogen and oxygen atoms in total. The number of benzene rings is 2. The second-order valence-electron chi connectivity index (χ2n) is 9.09. The molecule has 31 heavy (non-hydrogen) atoms. The summed E-state index contributed by atoms with van der Waals surface area (Å²) in [6.07, 6.45) is 10.6. The number of hydrogen-bond donors (Lipinski definition) is 2. The fourth-order valence-electron chi connectivity index (χ4n) is 5.05. The van der Waals surface area contributed by atoms with Gasteiger partial charge in [-0.05, 0) is 36.6 Å². The van der Waals surface area contributed by atoms with Gasteiger partial charge in [0, 0.05) is 11.7 Å². The molecule has 0 radical (unpaired) electrons. The third-order valence-electron chi connectivity index (χ3n) is 6.82. The summed E-state index contributed by atoms with van der Waals surface area (Å²) in [6, 6.07) is 21.2. The molecule has 2 aliphatic rings. The molecule has 1 aliphatic carbocycles. The zero-order valence-corrected chi connectivity index (χ0v) is 18.6. The Labute approximate surface area is 187 Å². The van der Waals surface area contributed by atoms with Gasteiger partial charge in [-0.25, -0.2) is 0 Å². The molecule has 0 unspecified atom stereocenters. The highest BCUT2D eigenvalue weighted by molar-refractivity contribution is 5.94. The lowest BCUT2D eigenvalue weighted by Crippen LogP contribution is -3.28. The van der Waals surface area contributed by atoms with E-state index in [1.54, 1.807) is 4.90 Å². The summed E-state index contributed by atoms with van der Waals surface area (Å²) in [5.41, 5.74) is 2.34. The fraction of sp³-hybridized carbons (Fsp3) is 0.444. The van der Waals surface area contributed by atoms with Crippen LogP contribution in [0.4, 0.5) is 5.69 Å². The van der Waals surface area contributed by atoms with Crippen LogP contribution in [0.1, 0.15) is 37.7 Å². The van der Waals surface area contributed by atoms with Crippen molar-refractivity contribution in [1.82, 2.24) is 0 Å². The molecule has 0 aromatic heterocycles. The van der Waals surface area contributed by atoms with E-state index in [4.69, 9.17) is 0 Å². The molecule has 1 amide bonds. The predicted molar refractivity (Wildman–Crippen MR) is 127 cm³/mol. The van der Waals surface area contributed by atoms with E-state index in [2.05, 4.69) is 71.6 Å². The second-order valence-corrected chi connectivity index (χ2v) is 9.09. The van der Waals surface area contributed by atoms with Gasteiger partial charge in [-0.15, -0.1) is 0 Å². The molecule has 2 aromatic rings. The van der Waals surface area contributed by atoms with E-state index >= 15 is 0 Å². The lowest BCUT2D eigenvalue weighted by molar-refractivity contribution is -1.01. The van der Waals surface area contributed by atoms with Crippen molar-refractivity contribution in [3.05, 3.63) is 72.3 Å². The number of piperazine rings is 1. The summed E-state index contributed by atoms with van der Waals surface area (Å²) in [7, 11) is 0. The van der Waals surface area contributed by atoms with Gasteiger partial charge in [0.2, 0.25) is 0 Å². The van der Waals surface area contributed by atoms with Crippen LogP contribution in [0.25, 0.3) is 6.08 Å². The summed E-state index contributed by atoms with van der Waals surface area (Å²) >= 11 is 0. The maximum atomic E-state index is 13.4. The van der Waals surface area contributed by atoms with Gasteiger partial charge in [-0.3, -0.25) is 4.79 Å². The fourth-order valence-corrected chi connectivity index (χ4v) is 5.05. The van der Waals surface area contributed by atoms with Gasteiger partial charge >= 0.3 is 0 Å². The molecule has 2 fully saturated rings. The van der Waals surface area contributed by atoms with E-state index in [-0.39, 0.29) is 0 Å². The van der Waals surface area contributed by atoms with Crippen molar-refractivity contribution >= 4 is 17.7 Å². The minimum Gasteiger partial charge on any atom is -0.322 e. The molecule has 1 saturated carbocycles. The lowest BCUT2D eigenvalue weighted by atomic mass is 9.93. The molecule has 4 heteroatoms. The van der Waals surface area contributed by atoms with Gasteiger partial charge in [-0.1, -0.05) is 73.9 Å². The van der Waals surface area contributed by atoms with Crippen molar-refractivity contribution in [2.24, 2.45) is 0 Å². The monoisotopic (exact) mass is 419 g/mol. The van der Waals surface area contributed by atoms with Gasteiger partial charge in [-0.2, -0.15) is 0 Å². The third kappa shape index (κ3) is 6.28. The first-order valence-corrected chi connectivity index (χ1v) is 12.1. The van der Waals surface area contributed by atoms with Crippen molar-refractivity contribution in [1.29, 1.82) is 0 Å². The Morgan fingerprint density at radius 3 is 2.13 bits per heavy atom. The lowest BCUT2D eigenvalue weighted by Gasteiger charge is -2.36. The van der Waals surface area contributed by atoms with E-state index in [9.17, 15) is 4.79 Å². The first kappa shape index (κ1) is 21.8. The maximum absolute atomic E-state index is 13.4. The number of nitrogens with zero attached hydrogens (tertiary/aromatic N) is 1. The molecule has 0 atom stereocenters. The van der Waals surface area contributed by atoms with Crippen molar-refractivity contribution in [2.75, 3.05) is 44.2 Å². The largest absolute Gasteiger partial charge is 0.322 e. The highest BCUT2D eigenvalue weighted by Crippen LogP contribution is 2.27. The summed E-state index contributed by atoms with van der Waals surface area (Å²) in [5.74, 6) is 0.306. The van der Waals surface area contributed by atoms with Crippen molar-refractivity contribution in [2.45, 2.75) is 38.1 Å². The number of carbonyl (C=O) groups is 1. The predicted octanol–water partition coefficient (Wildman–Crippen LogP) is 1.85. The van der Waals surface area contributed by atoms with Gasteiger partial charge in [0.1, 0.15) is 26.2 Å². The van der Waals surface area contributed by atoms with Gasteiger partial charge < -0.3 is 14.7 Å². The second kappa shape index (κ2) is 11.3. The van der Waals surface area contributed by atoms with E-state index < -0.39 is 0 Å². The number of carbonyl (C=O) groups excluding carboxylic acids is 1. The quantitative estimate of drug-likeness (QED) is 0.705. The average molecular weight is 420 g/mol. The standard InChI is InChI=1S/C27H35N3O/c31-27(30(25-14-6-2-7-15-25)26-16-8-3-9-17-26)23-29-21-19-28(20-22-29)18-10-13-24-11-4-1-5-12-24/h1-2,4-7,10-15,26H,3,8-9,16-23H2/p+2/b13-10+. The Balaban J connectivity index is 1.29. The normalized spacial score (nSPS) is 22.5. The zero-order valence-electron chi connectivity index (χ0n) is 18.6. The molecule has 164 valence electrons. The summed E-state index contributed by atoms with van der Waals surface area (Å²) in [4.78, 5) is 18.6. The number of rotatable bonds is 7. The van der Waals surface area contributed by atoms with E-state index in [1.165, 1.54) is 29.7 Å². The van der Waals surface area contributed by atoms with Crippen molar-refractivity contribution in [3.8, 4) is 0 Å². The van der Waals surface area contributed by atoms with E-state index in [0.29, 0.717) is 18.5 Å². The zero-order chi connectivity index (χ0) is 21.3. The smallest absolute Gasteiger partial charge is 0.282 e. The van der Waals surface area contributed by atoms with Crippen LogP contribution in [0.5, 0.6) is 0 Å². The van der Waals surface area contributed by atoms with E-state index in [0.717, 1.165) is 51.3 Å². The van der Waals surface area contributed by atoms with Crippen molar-refractivity contribution < 1.29 is 14.6 Å². The van der Waals surface area contributed by atoms with Crippen LogP contribution in [0, 0.1) is 0 Å². The molecule has 2 N–H and O–H groups in total. The molecule has 2 aromatic carbocycles. The molecule has 1 aliphatic heterocycles. The topological polar surface area (TPSA) is 29.2 Å². The molecular weight excluding hydrogens is 382 g/mol. The third-order valence-corrected chi connectivity index (χ3v) is 6.82. The summed E-state index contributed by atoms with van der Waals surface area (Å²) in [6.45, 7) is 6.11. The molecule has 1 heterocycles. The number of para-hydroxylation sites is 1.